The number of anilines is 1. The molecule has 2 saturated heterocycles. The first-order valence-electron chi connectivity index (χ1n) is 9.78. The van der Waals surface area contributed by atoms with Crippen LogP contribution < -0.4 is 10.6 Å². The Hall–Kier alpha value is -2.45. The first-order chi connectivity index (χ1) is 13.8. The van der Waals surface area contributed by atoms with E-state index in [4.69, 9.17) is 16.7 Å². The highest BCUT2D eigenvalue weighted by Crippen LogP contribution is 2.54. The molecule has 154 valence electrons. The van der Waals surface area contributed by atoms with Crippen LogP contribution in [-0.2, 0) is 24.7 Å². The molecule has 0 saturated carbocycles. The number of imide groups is 1. The summed E-state index contributed by atoms with van der Waals surface area (Å²) >= 11 is 6.26. The third-order valence-corrected chi connectivity index (χ3v) is 6.51. The van der Waals surface area contributed by atoms with Gasteiger partial charge in [0.15, 0.2) is 0 Å². The lowest BCUT2D eigenvalue weighted by Gasteiger charge is -2.29. The number of fused-ring (bicyclic) bond motifs is 4. The van der Waals surface area contributed by atoms with Crippen LogP contribution in [-0.4, -0.2) is 46.3 Å². The zero-order valence-electron chi connectivity index (χ0n) is 15.9. The standard InChI is InChI=1S/C20H22ClN3O5/c1-2-3-9-24-17(27)14-12(7-8-13(25)26)23-20(15(14)18(24)28)10-5-4-6-11(21)16(10)22-19(20)29/h4-6,12,14-15,23H,2-3,7-9H2,1H3,(H,22,29)(H,25,26)/t12-,14+,15+,20-/m0/s1. The predicted octanol–water partition coefficient (Wildman–Crippen LogP) is 1.73. The molecule has 4 rings (SSSR count). The van der Waals surface area contributed by atoms with E-state index in [1.807, 2.05) is 6.92 Å². The summed E-state index contributed by atoms with van der Waals surface area (Å²) in [5.41, 5.74) is -0.472. The van der Waals surface area contributed by atoms with E-state index in [0.717, 1.165) is 6.42 Å². The molecule has 0 aromatic heterocycles. The molecule has 1 aromatic rings. The van der Waals surface area contributed by atoms with E-state index in [1.165, 1.54) is 4.90 Å². The number of unbranched alkanes of at least 4 members (excludes halogenated alkanes) is 1. The summed E-state index contributed by atoms with van der Waals surface area (Å²) in [7, 11) is 0. The van der Waals surface area contributed by atoms with Gasteiger partial charge in [-0.3, -0.25) is 29.4 Å². The fraction of sp³-hybridized carbons (Fsp3) is 0.500. The zero-order chi connectivity index (χ0) is 20.9. The molecule has 0 aliphatic carbocycles. The third-order valence-electron chi connectivity index (χ3n) is 6.20. The number of halogens is 1. The molecule has 3 aliphatic rings. The number of carbonyl (C=O) groups is 4. The number of carboxylic acids is 1. The van der Waals surface area contributed by atoms with Gasteiger partial charge in [-0.15, -0.1) is 0 Å². The molecular formula is C20H22ClN3O5. The molecule has 1 spiro atoms. The van der Waals surface area contributed by atoms with Crippen molar-refractivity contribution in [1.29, 1.82) is 0 Å². The second-order valence-corrected chi connectivity index (χ2v) is 8.20. The van der Waals surface area contributed by atoms with E-state index in [1.54, 1.807) is 18.2 Å². The van der Waals surface area contributed by atoms with Gasteiger partial charge in [0.1, 0.15) is 5.54 Å². The molecule has 3 aliphatic heterocycles. The lowest BCUT2D eigenvalue weighted by atomic mass is 9.76. The van der Waals surface area contributed by atoms with E-state index in [0.29, 0.717) is 29.2 Å². The Balaban J connectivity index is 1.81. The van der Waals surface area contributed by atoms with Crippen LogP contribution in [0.5, 0.6) is 0 Å². The molecule has 0 radical (unpaired) electrons. The van der Waals surface area contributed by atoms with Gasteiger partial charge in [0, 0.05) is 24.6 Å². The topological polar surface area (TPSA) is 116 Å². The first-order valence-corrected chi connectivity index (χ1v) is 10.2. The summed E-state index contributed by atoms with van der Waals surface area (Å²) in [6, 6.07) is 4.45. The lowest BCUT2D eigenvalue weighted by Crippen LogP contribution is -2.53. The van der Waals surface area contributed by atoms with E-state index in [2.05, 4.69) is 10.6 Å². The van der Waals surface area contributed by atoms with Crippen LogP contribution >= 0.6 is 11.6 Å². The van der Waals surface area contributed by atoms with Crippen molar-refractivity contribution in [2.45, 2.75) is 44.2 Å². The number of carbonyl (C=O) groups excluding carboxylic acids is 3. The molecule has 0 unspecified atom stereocenters. The smallest absolute Gasteiger partial charge is 0.303 e. The molecule has 3 amide bonds. The van der Waals surface area contributed by atoms with Crippen LogP contribution in [0.3, 0.4) is 0 Å². The summed E-state index contributed by atoms with van der Waals surface area (Å²) in [5, 5.41) is 15.4. The largest absolute Gasteiger partial charge is 0.481 e. The van der Waals surface area contributed by atoms with Gasteiger partial charge >= 0.3 is 5.97 Å². The van der Waals surface area contributed by atoms with Crippen molar-refractivity contribution >= 4 is 41.0 Å². The lowest BCUT2D eigenvalue weighted by molar-refractivity contribution is -0.143. The molecule has 29 heavy (non-hydrogen) atoms. The maximum absolute atomic E-state index is 13.3. The number of nitrogens with zero attached hydrogens (tertiary/aromatic N) is 1. The van der Waals surface area contributed by atoms with Crippen molar-refractivity contribution in [2.75, 3.05) is 11.9 Å². The number of aliphatic carboxylic acids is 1. The molecule has 3 heterocycles. The van der Waals surface area contributed by atoms with Crippen LogP contribution in [0, 0.1) is 11.8 Å². The highest BCUT2D eigenvalue weighted by atomic mass is 35.5. The summed E-state index contributed by atoms with van der Waals surface area (Å²) in [4.78, 5) is 52.0. The quantitative estimate of drug-likeness (QED) is 0.605. The third kappa shape index (κ3) is 2.77. The Labute approximate surface area is 172 Å². The van der Waals surface area contributed by atoms with Crippen molar-refractivity contribution in [3.63, 3.8) is 0 Å². The van der Waals surface area contributed by atoms with Crippen LogP contribution in [0.2, 0.25) is 5.02 Å². The number of hydrogen-bond donors (Lipinski definition) is 3. The van der Waals surface area contributed by atoms with Crippen molar-refractivity contribution < 1.29 is 24.3 Å². The number of para-hydroxylation sites is 1. The van der Waals surface area contributed by atoms with Crippen molar-refractivity contribution in [2.24, 2.45) is 11.8 Å². The summed E-state index contributed by atoms with van der Waals surface area (Å²) in [6.07, 6.45) is 1.46. The van der Waals surface area contributed by atoms with Gasteiger partial charge in [-0.25, -0.2) is 0 Å². The van der Waals surface area contributed by atoms with E-state index >= 15 is 0 Å². The average Bonchev–Trinajstić information content (AvgIpc) is 3.25. The number of carboxylic acid groups (broad SMARTS) is 1. The Morgan fingerprint density at radius 3 is 2.72 bits per heavy atom. The van der Waals surface area contributed by atoms with Gasteiger partial charge in [0.2, 0.25) is 17.7 Å². The van der Waals surface area contributed by atoms with Crippen LogP contribution in [0.4, 0.5) is 5.69 Å². The minimum atomic E-state index is -1.43. The molecule has 3 N–H and O–H groups in total. The number of hydrogen-bond acceptors (Lipinski definition) is 5. The van der Waals surface area contributed by atoms with Gasteiger partial charge in [0.05, 0.1) is 22.5 Å². The second kappa shape index (κ2) is 7.11. The first kappa shape index (κ1) is 19.8. The molecule has 4 atom stereocenters. The van der Waals surface area contributed by atoms with Crippen molar-refractivity contribution in [3.8, 4) is 0 Å². The Morgan fingerprint density at radius 1 is 1.28 bits per heavy atom. The van der Waals surface area contributed by atoms with E-state index in [-0.39, 0.29) is 24.7 Å². The van der Waals surface area contributed by atoms with E-state index in [9.17, 15) is 19.2 Å². The summed E-state index contributed by atoms with van der Waals surface area (Å²) in [6.45, 7) is 2.26. The maximum Gasteiger partial charge on any atom is 0.303 e. The van der Waals surface area contributed by atoms with Crippen LogP contribution in [0.1, 0.15) is 38.2 Å². The highest BCUT2D eigenvalue weighted by Gasteiger charge is 2.70. The van der Waals surface area contributed by atoms with E-state index < -0.39 is 35.3 Å². The van der Waals surface area contributed by atoms with Crippen LogP contribution in [0.15, 0.2) is 18.2 Å². The fourth-order valence-electron chi connectivity index (χ4n) is 4.92. The summed E-state index contributed by atoms with van der Waals surface area (Å²) in [5.74, 6) is -3.87. The molecule has 1 aromatic carbocycles. The fourth-order valence-corrected chi connectivity index (χ4v) is 5.14. The van der Waals surface area contributed by atoms with Gasteiger partial charge in [-0.2, -0.15) is 0 Å². The number of rotatable bonds is 6. The normalized spacial score (nSPS) is 30.1. The SMILES string of the molecule is CCCCN1C(=O)[C@@H]2[C@H](CCC(=O)O)N[C@]3(C(=O)Nc4c(Cl)cccc43)[C@H]2C1=O. The maximum atomic E-state index is 13.3. The van der Waals surface area contributed by atoms with Gasteiger partial charge in [-0.05, 0) is 18.9 Å². The Morgan fingerprint density at radius 2 is 2.03 bits per heavy atom. The summed E-state index contributed by atoms with van der Waals surface area (Å²) < 4.78 is 0. The van der Waals surface area contributed by atoms with Crippen molar-refractivity contribution in [3.05, 3.63) is 28.8 Å². The molecule has 8 nitrogen and oxygen atoms in total. The number of likely N-dealkylation sites (tertiary alicyclic amines) is 1. The Kier molecular flexibility index (Phi) is 4.86. The minimum absolute atomic E-state index is 0.141. The van der Waals surface area contributed by atoms with Crippen molar-refractivity contribution in [1.82, 2.24) is 10.2 Å². The molecule has 2 fully saturated rings. The van der Waals surface area contributed by atoms with Gasteiger partial charge < -0.3 is 10.4 Å². The minimum Gasteiger partial charge on any atom is -0.481 e. The highest BCUT2D eigenvalue weighted by molar-refractivity contribution is 6.35. The number of amides is 3. The molecule has 9 heteroatoms. The van der Waals surface area contributed by atoms with Crippen LogP contribution in [0.25, 0.3) is 0 Å². The Bertz CT molecular complexity index is 919. The molecule has 0 bridgehead atoms. The average molecular weight is 420 g/mol. The number of benzene rings is 1. The van der Waals surface area contributed by atoms with Gasteiger partial charge in [-0.1, -0.05) is 37.1 Å². The molecular weight excluding hydrogens is 398 g/mol. The number of nitrogens with one attached hydrogen (secondary N) is 2. The zero-order valence-corrected chi connectivity index (χ0v) is 16.7. The monoisotopic (exact) mass is 419 g/mol. The van der Waals surface area contributed by atoms with Gasteiger partial charge in [0.25, 0.3) is 0 Å². The predicted molar refractivity (Wildman–Crippen MR) is 104 cm³/mol. The second-order valence-electron chi connectivity index (χ2n) is 7.79.